The Balaban J connectivity index is 1.97. The van der Waals surface area contributed by atoms with E-state index >= 15 is 0 Å². The first kappa shape index (κ1) is 13.1. The minimum absolute atomic E-state index is 0.0822. The van der Waals surface area contributed by atoms with Crippen molar-refractivity contribution in [3.8, 4) is 0 Å². The van der Waals surface area contributed by atoms with Crippen LogP contribution in [0.4, 0.5) is 0 Å². The maximum absolute atomic E-state index is 6.09. The Hall–Kier alpha value is -1.32. The topological polar surface area (TPSA) is 38.1 Å². The van der Waals surface area contributed by atoms with E-state index in [1.165, 1.54) is 0 Å². The van der Waals surface area contributed by atoms with Gasteiger partial charge in [0, 0.05) is 11.6 Å². The van der Waals surface area contributed by atoms with Crippen molar-refractivity contribution < 1.29 is 4.42 Å². The summed E-state index contributed by atoms with van der Waals surface area (Å²) >= 11 is 6.09. The third-order valence-corrected chi connectivity index (χ3v) is 3.27. The van der Waals surface area contributed by atoms with Gasteiger partial charge in [0.2, 0.25) is 5.89 Å². The zero-order valence-corrected chi connectivity index (χ0v) is 11.6. The van der Waals surface area contributed by atoms with Gasteiger partial charge in [-0.2, -0.15) is 0 Å². The summed E-state index contributed by atoms with van der Waals surface area (Å²) in [7, 11) is 0. The first-order valence-corrected chi connectivity index (χ1v) is 6.35. The first-order valence-electron chi connectivity index (χ1n) is 5.97. The van der Waals surface area contributed by atoms with E-state index in [1.807, 2.05) is 32.9 Å². The van der Waals surface area contributed by atoms with E-state index in [4.69, 9.17) is 16.0 Å². The van der Waals surface area contributed by atoms with Crippen molar-refractivity contribution in [3.05, 3.63) is 52.2 Å². The number of aromatic nitrogens is 1. The second-order valence-corrected chi connectivity index (χ2v) is 4.90. The van der Waals surface area contributed by atoms with Crippen molar-refractivity contribution >= 4 is 11.6 Å². The molecule has 0 aliphatic heterocycles. The molecule has 0 aliphatic carbocycles. The highest BCUT2D eigenvalue weighted by atomic mass is 35.5. The molecule has 1 unspecified atom stereocenters. The molecule has 0 fully saturated rings. The molecule has 1 aromatic carbocycles. The molecular weight excluding hydrogens is 248 g/mol. The Morgan fingerprint density at radius 2 is 2.17 bits per heavy atom. The molecule has 0 bridgehead atoms. The molecule has 4 heteroatoms. The number of nitrogens with one attached hydrogen (secondary N) is 1. The third-order valence-electron chi connectivity index (χ3n) is 2.86. The largest absolute Gasteiger partial charge is 0.444 e. The van der Waals surface area contributed by atoms with Gasteiger partial charge in [-0.1, -0.05) is 23.7 Å². The summed E-state index contributed by atoms with van der Waals surface area (Å²) in [6, 6.07) is 6.16. The molecule has 0 amide bonds. The van der Waals surface area contributed by atoms with E-state index in [-0.39, 0.29) is 6.04 Å². The van der Waals surface area contributed by atoms with Crippen LogP contribution in [-0.2, 0) is 6.54 Å². The SMILES string of the molecule is Cc1cnc(C(C)NCc2ccc(C)c(Cl)c2)o1. The van der Waals surface area contributed by atoms with E-state index in [0.717, 1.165) is 28.5 Å². The number of halogens is 1. The van der Waals surface area contributed by atoms with Crippen LogP contribution in [0.2, 0.25) is 5.02 Å². The smallest absolute Gasteiger partial charge is 0.211 e. The zero-order chi connectivity index (χ0) is 13.1. The summed E-state index contributed by atoms with van der Waals surface area (Å²) in [6.45, 7) is 6.66. The van der Waals surface area contributed by atoms with Gasteiger partial charge in [0.25, 0.3) is 0 Å². The number of aryl methyl sites for hydroxylation is 2. The second-order valence-electron chi connectivity index (χ2n) is 4.50. The van der Waals surface area contributed by atoms with Crippen molar-refractivity contribution in [1.82, 2.24) is 10.3 Å². The van der Waals surface area contributed by atoms with Crippen LogP contribution in [0.3, 0.4) is 0 Å². The van der Waals surface area contributed by atoms with Crippen LogP contribution in [0.25, 0.3) is 0 Å². The van der Waals surface area contributed by atoms with E-state index in [1.54, 1.807) is 6.20 Å². The Morgan fingerprint density at radius 3 is 2.78 bits per heavy atom. The predicted molar refractivity (Wildman–Crippen MR) is 72.7 cm³/mol. The highest BCUT2D eigenvalue weighted by Crippen LogP contribution is 2.18. The number of benzene rings is 1. The number of hydrogen-bond acceptors (Lipinski definition) is 3. The lowest BCUT2D eigenvalue weighted by atomic mass is 10.1. The van der Waals surface area contributed by atoms with Gasteiger partial charge in [-0.15, -0.1) is 0 Å². The Labute approximate surface area is 112 Å². The van der Waals surface area contributed by atoms with E-state index in [9.17, 15) is 0 Å². The minimum atomic E-state index is 0.0822. The molecular formula is C14H17ClN2O. The molecule has 1 aromatic heterocycles. The standard InChI is InChI=1S/C14H17ClN2O/c1-9-4-5-12(6-13(9)15)8-16-11(3)14-17-7-10(2)18-14/h4-7,11,16H,8H2,1-3H3. The third kappa shape index (κ3) is 3.12. The van der Waals surface area contributed by atoms with Crippen LogP contribution in [0, 0.1) is 13.8 Å². The summed E-state index contributed by atoms with van der Waals surface area (Å²) in [4.78, 5) is 4.20. The lowest BCUT2D eigenvalue weighted by Crippen LogP contribution is -2.18. The summed E-state index contributed by atoms with van der Waals surface area (Å²) in [5.41, 5.74) is 2.25. The number of hydrogen-bond donors (Lipinski definition) is 1. The van der Waals surface area contributed by atoms with Gasteiger partial charge in [-0.3, -0.25) is 0 Å². The van der Waals surface area contributed by atoms with Crippen LogP contribution in [0.15, 0.2) is 28.8 Å². The molecule has 0 aliphatic rings. The molecule has 1 N–H and O–H groups in total. The summed E-state index contributed by atoms with van der Waals surface area (Å²) in [6.07, 6.45) is 1.73. The first-order chi connectivity index (χ1) is 8.56. The summed E-state index contributed by atoms with van der Waals surface area (Å²) < 4.78 is 5.48. The lowest BCUT2D eigenvalue weighted by molar-refractivity contribution is 0.402. The average Bonchev–Trinajstić information content (AvgIpc) is 2.77. The highest BCUT2D eigenvalue weighted by molar-refractivity contribution is 6.31. The van der Waals surface area contributed by atoms with Gasteiger partial charge in [0.1, 0.15) is 5.76 Å². The molecule has 96 valence electrons. The monoisotopic (exact) mass is 264 g/mol. The number of rotatable bonds is 4. The van der Waals surface area contributed by atoms with Crippen molar-refractivity contribution in [1.29, 1.82) is 0 Å². The fraction of sp³-hybridized carbons (Fsp3) is 0.357. The Bertz CT molecular complexity index is 536. The van der Waals surface area contributed by atoms with Crippen molar-refractivity contribution in [3.63, 3.8) is 0 Å². The van der Waals surface area contributed by atoms with Gasteiger partial charge in [-0.05, 0) is 38.0 Å². The highest BCUT2D eigenvalue weighted by Gasteiger charge is 2.10. The molecule has 2 aromatic rings. The maximum Gasteiger partial charge on any atom is 0.211 e. The molecule has 0 saturated heterocycles. The van der Waals surface area contributed by atoms with Crippen molar-refractivity contribution in [2.24, 2.45) is 0 Å². The van der Waals surface area contributed by atoms with E-state index < -0.39 is 0 Å². The van der Waals surface area contributed by atoms with Gasteiger partial charge in [0.05, 0.1) is 12.2 Å². The van der Waals surface area contributed by atoms with Crippen LogP contribution in [0.5, 0.6) is 0 Å². The predicted octanol–water partition coefficient (Wildman–Crippen LogP) is 3.80. The van der Waals surface area contributed by atoms with Crippen molar-refractivity contribution in [2.45, 2.75) is 33.4 Å². The lowest BCUT2D eigenvalue weighted by Gasteiger charge is -2.11. The van der Waals surface area contributed by atoms with Gasteiger partial charge in [0.15, 0.2) is 0 Å². The average molecular weight is 265 g/mol. The molecule has 1 heterocycles. The second kappa shape index (κ2) is 5.55. The molecule has 2 rings (SSSR count). The normalized spacial score (nSPS) is 12.7. The molecule has 1 atom stereocenters. The fourth-order valence-electron chi connectivity index (χ4n) is 1.68. The Kier molecular flexibility index (Phi) is 4.04. The molecule has 0 radical (unpaired) electrons. The Morgan fingerprint density at radius 1 is 1.39 bits per heavy atom. The van der Waals surface area contributed by atoms with E-state index in [0.29, 0.717) is 5.89 Å². The molecule has 18 heavy (non-hydrogen) atoms. The molecule has 0 saturated carbocycles. The van der Waals surface area contributed by atoms with Gasteiger partial charge >= 0.3 is 0 Å². The fourth-order valence-corrected chi connectivity index (χ4v) is 1.88. The minimum Gasteiger partial charge on any atom is -0.444 e. The molecule has 0 spiro atoms. The van der Waals surface area contributed by atoms with Crippen LogP contribution in [0.1, 0.15) is 35.7 Å². The molecule has 3 nitrogen and oxygen atoms in total. The number of oxazole rings is 1. The van der Waals surface area contributed by atoms with E-state index in [2.05, 4.69) is 16.4 Å². The quantitative estimate of drug-likeness (QED) is 0.913. The maximum atomic E-state index is 6.09. The van der Waals surface area contributed by atoms with Gasteiger partial charge < -0.3 is 9.73 Å². The van der Waals surface area contributed by atoms with Crippen LogP contribution < -0.4 is 5.32 Å². The van der Waals surface area contributed by atoms with Crippen molar-refractivity contribution in [2.75, 3.05) is 0 Å². The summed E-state index contributed by atoms with van der Waals surface area (Å²) in [5.74, 6) is 1.54. The van der Waals surface area contributed by atoms with Crippen LogP contribution >= 0.6 is 11.6 Å². The zero-order valence-electron chi connectivity index (χ0n) is 10.8. The van der Waals surface area contributed by atoms with Crippen LogP contribution in [-0.4, -0.2) is 4.98 Å². The van der Waals surface area contributed by atoms with Gasteiger partial charge in [-0.25, -0.2) is 4.98 Å². The number of nitrogens with zero attached hydrogens (tertiary/aromatic N) is 1. The summed E-state index contributed by atoms with van der Waals surface area (Å²) in [5, 5.41) is 4.16.